The number of benzene rings is 1. The highest BCUT2D eigenvalue weighted by atomic mass is 127. The first kappa shape index (κ1) is 16.0. The van der Waals surface area contributed by atoms with Crippen LogP contribution in [0.3, 0.4) is 0 Å². The van der Waals surface area contributed by atoms with Crippen molar-refractivity contribution < 1.29 is 19.4 Å². The second kappa shape index (κ2) is 7.60. The lowest BCUT2D eigenvalue weighted by molar-refractivity contribution is 0.0698. The Kier molecular flexibility index (Phi) is 5.80. The Bertz CT molecular complexity index is 530. The summed E-state index contributed by atoms with van der Waals surface area (Å²) in [5, 5.41) is 14.4. The van der Waals surface area contributed by atoms with Crippen molar-refractivity contribution in [2.45, 2.75) is 25.4 Å². The number of ether oxygens (including phenoxy) is 1. The SMILES string of the molecule is O=C(NCCC1CCCO1)Nc1ccc(I)cc1C(=O)O. The molecule has 6 nitrogen and oxygen atoms in total. The molecule has 1 heterocycles. The Morgan fingerprint density at radius 1 is 1.43 bits per heavy atom. The normalized spacial score (nSPS) is 17.5. The lowest BCUT2D eigenvalue weighted by atomic mass is 10.2. The molecule has 1 atom stereocenters. The summed E-state index contributed by atoms with van der Waals surface area (Å²) in [6, 6.07) is 4.45. The lowest BCUT2D eigenvalue weighted by Crippen LogP contribution is -2.31. The highest BCUT2D eigenvalue weighted by Crippen LogP contribution is 2.19. The maximum absolute atomic E-state index is 11.8. The average molecular weight is 404 g/mol. The van der Waals surface area contributed by atoms with Gasteiger partial charge in [-0.05, 0) is 60.1 Å². The zero-order valence-electron chi connectivity index (χ0n) is 11.4. The number of carbonyl (C=O) groups is 2. The summed E-state index contributed by atoms with van der Waals surface area (Å²) in [4.78, 5) is 22.9. The molecule has 21 heavy (non-hydrogen) atoms. The minimum Gasteiger partial charge on any atom is -0.478 e. The summed E-state index contributed by atoms with van der Waals surface area (Å²) in [6.07, 6.45) is 3.09. The molecule has 0 radical (unpaired) electrons. The lowest BCUT2D eigenvalue weighted by Gasteiger charge is -2.12. The summed E-state index contributed by atoms with van der Waals surface area (Å²) in [5.74, 6) is -1.07. The number of rotatable bonds is 5. The van der Waals surface area contributed by atoms with Crippen LogP contribution in [0.1, 0.15) is 29.6 Å². The Hall–Kier alpha value is -1.35. The first-order valence-corrected chi connectivity index (χ1v) is 7.83. The van der Waals surface area contributed by atoms with Crippen LogP contribution in [-0.2, 0) is 4.74 Å². The van der Waals surface area contributed by atoms with Gasteiger partial charge < -0.3 is 20.5 Å². The predicted molar refractivity (Wildman–Crippen MR) is 86.7 cm³/mol. The molecule has 2 amide bonds. The van der Waals surface area contributed by atoms with E-state index in [0.29, 0.717) is 6.54 Å². The number of urea groups is 1. The van der Waals surface area contributed by atoms with Gasteiger partial charge in [0.1, 0.15) is 0 Å². The summed E-state index contributed by atoms with van der Waals surface area (Å²) in [6.45, 7) is 1.30. The van der Waals surface area contributed by atoms with Crippen LogP contribution in [0.4, 0.5) is 10.5 Å². The maximum atomic E-state index is 11.8. The van der Waals surface area contributed by atoms with Gasteiger partial charge in [0.2, 0.25) is 0 Å². The number of anilines is 1. The molecule has 1 unspecified atom stereocenters. The minimum absolute atomic E-state index is 0.0798. The van der Waals surface area contributed by atoms with Crippen molar-refractivity contribution in [1.82, 2.24) is 5.32 Å². The molecule has 0 bridgehead atoms. The number of nitrogens with one attached hydrogen (secondary N) is 2. The molecule has 0 spiro atoms. The molecule has 0 aliphatic carbocycles. The number of carbonyl (C=O) groups excluding carboxylic acids is 1. The van der Waals surface area contributed by atoms with Gasteiger partial charge >= 0.3 is 12.0 Å². The van der Waals surface area contributed by atoms with Crippen molar-refractivity contribution in [2.75, 3.05) is 18.5 Å². The molecular formula is C14H17IN2O4. The van der Waals surface area contributed by atoms with Gasteiger partial charge in [0, 0.05) is 16.7 Å². The number of amides is 2. The van der Waals surface area contributed by atoms with Crippen LogP contribution in [0.2, 0.25) is 0 Å². The van der Waals surface area contributed by atoms with Crippen LogP contribution in [0.25, 0.3) is 0 Å². The van der Waals surface area contributed by atoms with Crippen LogP contribution in [0.5, 0.6) is 0 Å². The summed E-state index contributed by atoms with van der Waals surface area (Å²) >= 11 is 2.03. The van der Waals surface area contributed by atoms with Crippen LogP contribution in [-0.4, -0.2) is 36.4 Å². The number of aromatic carboxylic acids is 1. The number of carboxylic acids is 1. The second-order valence-electron chi connectivity index (χ2n) is 4.80. The van der Waals surface area contributed by atoms with Gasteiger partial charge in [-0.15, -0.1) is 0 Å². The third-order valence-corrected chi connectivity index (χ3v) is 3.91. The quantitative estimate of drug-likeness (QED) is 0.659. The molecule has 3 N–H and O–H groups in total. The Morgan fingerprint density at radius 3 is 2.90 bits per heavy atom. The molecular weight excluding hydrogens is 387 g/mol. The molecule has 1 aliphatic rings. The van der Waals surface area contributed by atoms with Crippen molar-refractivity contribution >= 4 is 40.3 Å². The van der Waals surface area contributed by atoms with Crippen molar-refractivity contribution in [3.05, 3.63) is 27.3 Å². The first-order chi connectivity index (χ1) is 10.1. The van der Waals surface area contributed by atoms with Gasteiger partial charge in [0.25, 0.3) is 0 Å². The predicted octanol–water partition coefficient (Wildman–Crippen LogP) is 2.68. The third-order valence-electron chi connectivity index (χ3n) is 3.24. The molecule has 1 aromatic rings. The van der Waals surface area contributed by atoms with E-state index >= 15 is 0 Å². The topological polar surface area (TPSA) is 87.7 Å². The van der Waals surface area contributed by atoms with Crippen LogP contribution < -0.4 is 10.6 Å². The van der Waals surface area contributed by atoms with Crippen molar-refractivity contribution in [3.63, 3.8) is 0 Å². The largest absolute Gasteiger partial charge is 0.478 e. The van der Waals surface area contributed by atoms with E-state index in [2.05, 4.69) is 10.6 Å². The number of halogens is 1. The number of hydrogen-bond donors (Lipinski definition) is 3. The number of carboxylic acid groups (broad SMARTS) is 1. The molecule has 0 aromatic heterocycles. The average Bonchev–Trinajstić information content (AvgIpc) is 2.94. The van der Waals surface area contributed by atoms with Gasteiger partial charge in [0.05, 0.1) is 17.4 Å². The summed E-state index contributed by atoms with van der Waals surface area (Å²) in [5.41, 5.74) is 0.369. The Balaban J connectivity index is 1.85. The fourth-order valence-corrected chi connectivity index (χ4v) is 2.68. The van der Waals surface area contributed by atoms with Crippen LogP contribution in [0, 0.1) is 3.57 Å². The molecule has 1 aliphatic heterocycles. The van der Waals surface area contributed by atoms with E-state index in [4.69, 9.17) is 9.84 Å². The standard InChI is InChI=1S/C14H17IN2O4/c15-9-3-4-12(11(8-9)13(18)19)17-14(20)16-6-5-10-2-1-7-21-10/h3-4,8,10H,1-2,5-7H2,(H,18,19)(H2,16,17,20). The zero-order chi connectivity index (χ0) is 15.2. The highest BCUT2D eigenvalue weighted by Gasteiger charge is 2.16. The maximum Gasteiger partial charge on any atom is 0.337 e. The molecule has 0 saturated carbocycles. The van der Waals surface area contributed by atoms with E-state index in [0.717, 1.165) is 29.4 Å². The van der Waals surface area contributed by atoms with Crippen molar-refractivity contribution in [2.24, 2.45) is 0 Å². The van der Waals surface area contributed by atoms with E-state index in [1.807, 2.05) is 22.6 Å². The monoisotopic (exact) mass is 404 g/mol. The fourth-order valence-electron chi connectivity index (χ4n) is 2.19. The second-order valence-corrected chi connectivity index (χ2v) is 6.05. The molecule has 7 heteroatoms. The Labute approximate surface area is 136 Å². The fraction of sp³-hybridized carbons (Fsp3) is 0.429. The van der Waals surface area contributed by atoms with Gasteiger partial charge in [-0.1, -0.05) is 0 Å². The molecule has 1 aromatic carbocycles. The summed E-state index contributed by atoms with van der Waals surface area (Å²) in [7, 11) is 0. The van der Waals surface area contributed by atoms with Gasteiger partial charge in [-0.25, -0.2) is 9.59 Å². The van der Waals surface area contributed by atoms with Gasteiger partial charge in [-0.2, -0.15) is 0 Å². The van der Waals surface area contributed by atoms with E-state index in [9.17, 15) is 9.59 Å². The van der Waals surface area contributed by atoms with Gasteiger partial charge in [0.15, 0.2) is 0 Å². The molecule has 2 rings (SSSR count). The highest BCUT2D eigenvalue weighted by molar-refractivity contribution is 14.1. The van der Waals surface area contributed by atoms with E-state index in [1.54, 1.807) is 12.1 Å². The minimum atomic E-state index is -1.07. The summed E-state index contributed by atoms with van der Waals surface area (Å²) < 4.78 is 6.27. The first-order valence-electron chi connectivity index (χ1n) is 6.75. The third kappa shape index (κ3) is 4.85. The zero-order valence-corrected chi connectivity index (χ0v) is 13.6. The van der Waals surface area contributed by atoms with Crippen LogP contribution >= 0.6 is 22.6 Å². The molecule has 1 fully saturated rings. The van der Waals surface area contributed by atoms with E-state index < -0.39 is 12.0 Å². The smallest absolute Gasteiger partial charge is 0.337 e. The van der Waals surface area contributed by atoms with Gasteiger partial charge in [-0.3, -0.25) is 0 Å². The number of hydrogen-bond acceptors (Lipinski definition) is 3. The van der Waals surface area contributed by atoms with E-state index in [-0.39, 0.29) is 17.4 Å². The van der Waals surface area contributed by atoms with Crippen molar-refractivity contribution in [1.29, 1.82) is 0 Å². The molecule has 1 saturated heterocycles. The van der Waals surface area contributed by atoms with Crippen molar-refractivity contribution in [3.8, 4) is 0 Å². The Morgan fingerprint density at radius 2 is 2.24 bits per heavy atom. The van der Waals surface area contributed by atoms with E-state index in [1.165, 1.54) is 6.07 Å². The molecule has 114 valence electrons. The van der Waals surface area contributed by atoms with Crippen LogP contribution in [0.15, 0.2) is 18.2 Å².